The average molecular weight is 361 g/mol. The van der Waals surface area contributed by atoms with E-state index in [2.05, 4.69) is 10.9 Å². The molecule has 2 amide bonds. The molecule has 0 saturated heterocycles. The number of hydrazine groups is 1. The van der Waals surface area contributed by atoms with Crippen LogP contribution in [0.15, 0.2) is 42.5 Å². The fraction of sp³-hybridized carbons (Fsp3) is 0.176. The Bertz CT molecular complexity index is 824. The van der Waals surface area contributed by atoms with Crippen LogP contribution in [0.1, 0.15) is 22.8 Å². The molecule has 0 aliphatic heterocycles. The molecule has 2 N–H and O–H groups in total. The Kier molecular flexibility index (Phi) is 6.20. The predicted molar refractivity (Wildman–Crippen MR) is 90.0 cm³/mol. The summed E-state index contributed by atoms with van der Waals surface area (Å²) in [4.78, 5) is 33.3. The van der Waals surface area contributed by atoms with Crippen molar-refractivity contribution in [3.05, 3.63) is 69.5 Å². The van der Waals surface area contributed by atoms with Crippen molar-refractivity contribution in [1.82, 2.24) is 10.9 Å². The zero-order chi connectivity index (χ0) is 19.1. The van der Waals surface area contributed by atoms with Crippen LogP contribution in [0.2, 0.25) is 0 Å². The topological polar surface area (TPSA) is 111 Å². The van der Waals surface area contributed by atoms with E-state index in [0.29, 0.717) is 5.75 Å². The smallest absolute Gasteiger partial charge is 0.305 e. The average Bonchev–Trinajstić information content (AvgIpc) is 2.64. The van der Waals surface area contributed by atoms with Gasteiger partial charge in [-0.15, -0.1) is 0 Å². The predicted octanol–water partition coefficient (Wildman–Crippen LogP) is 2.14. The molecule has 0 saturated carbocycles. The highest BCUT2D eigenvalue weighted by atomic mass is 19.1. The summed E-state index contributed by atoms with van der Waals surface area (Å²) in [7, 11) is 0. The summed E-state index contributed by atoms with van der Waals surface area (Å²) in [5.41, 5.74) is 4.31. The van der Waals surface area contributed by atoms with Gasteiger partial charge in [0.2, 0.25) is 5.82 Å². The maximum absolute atomic E-state index is 13.2. The quantitative estimate of drug-likeness (QED) is 0.605. The second-order valence-corrected chi connectivity index (χ2v) is 5.21. The number of rotatable bonds is 6. The van der Waals surface area contributed by atoms with Gasteiger partial charge in [-0.2, -0.15) is 4.39 Å². The summed E-state index contributed by atoms with van der Waals surface area (Å²) in [6.45, 7) is 1.68. The lowest BCUT2D eigenvalue weighted by Crippen LogP contribution is -2.43. The Balaban J connectivity index is 1.85. The molecule has 0 unspecified atom stereocenters. The van der Waals surface area contributed by atoms with Gasteiger partial charge in [0.1, 0.15) is 5.75 Å². The molecule has 2 aromatic rings. The third-order valence-electron chi connectivity index (χ3n) is 3.42. The molecule has 0 radical (unpaired) electrons. The lowest BCUT2D eigenvalue weighted by molar-refractivity contribution is -0.387. The minimum absolute atomic E-state index is 0.172. The lowest BCUT2D eigenvalue weighted by Gasteiger charge is -2.09. The summed E-state index contributed by atoms with van der Waals surface area (Å²) >= 11 is 0. The van der Waals surface area contributed by atoms with E-state index in [-0.39, 0.29) is 12.2 Å². The van der Waals surface area contributed by atoms with Crippen LogP contribution >= 0.6 is 0 Å². The van der Waals surface area contributed by atoms with Crippen LogP contribution in [0.4, 0.5) is 10.1 Å². The minimum Gasteiger partial charge on any atom is -0.484 e. The van der Waals surface area contributed by atoms with Crippen LogP contribution in [-0.4, -0.2) is 23.3 Å². The number of aryl methyl sites for hydroxylation is 1. The Morgan fingerprint density at radius 1 is 1.15 bits per heavy atom. The number of nitro groups is 1. The maximum Gasteiger partial charge on any atom is 0.305 e. The van der Waals surface area contributed by atoms with Crippen LogP contribution in [0.3, 0.4) is 0 Å². The number of ether oxygens (including phenoxy) is 1. The third kappa shape index (κ3) is 5.00. The number of nitrogens with zero attached hydrogens (tertiary/aromatic N) is 1. The standard InChI is InChI=1S/C17H16FN3O5/c1-2-11-3-6-13(7-4-11)26-10-16(22)19-20-17(23)12-5-8-14(18)15(9-12)21(24)25/h3-9H,2,10H2,1H3,(H,19,22)(H,20,23). The number of carbonyl (C=O) groups excluding carboxylic acids is 2. The van der Waals surface area contributed by atoms with E-state index in [0.717, 1.165) is 30.2 Å². The van der Waals surface area contributed by atoms with Gasteiger partial charge >= 0.3 is 5.69 Å². The fourth-order valence-electron chi connectivity index (χ4n) is 2.00. The summed E-state index contributed by atoms with van der Waals surface area (Å²) in [6, 6.07) is 9.84. The highest BCUT2D eigenvalue weighted by Gasteiger charge is 2.17. The molecule has 8 nitrogen and oxygen atoms in total. The summed E-state index contributed by atoms with van der Waals surface area (Å²) < 4.78 is 18.5. The first-order chi connectivity index (χ1) is 12.4. The molecule has 2 rings (SSSR count). The molecule has 136 valence electrons. The van der Waals surface area contributed by atoms with Gasteiger partial charge in [-0.05, 0) is 36.2 Å². The summed E-state index contributed by atoms with van der Waals surface area (Å²) in [5.74, 6) is -2.01. The van der Waals surface area contributed by atoms with Crippen LogP contribution in [0.5, 0.6) is 5.75 Å². The van der Waals surface area contributed by atoms with Gasteiger partial charge < -0.3 is 4.74 Å². The zero-order valence-electron chi connectivity index (χ0n) is 13.8. The van der Waals surface area contributed by atoms with Gasteiger partial charge in [0.05, 0.1) is 4.92 Å². The van der Waals surface area contributed by atoms with Crippen molar-refractivity contribution in [1.29, 1.82) is 0 Å². The second-order valence-electron chi connectivity index (χ2n) is 5.21. The number of hydrogen-bond acceptors (Lipinski definition) is 5. The molecule has 0 aromatic heterocycles. The Hall–Kier alpha value is -3.49. The van der Waals surface area contributed by atoms with Crippen molar-refractivity contribution in [3.8, 4) is 5.75 Å². The maximum atomic E-state index is 13.2. The summed E-state index contributed by atoms with van der Waals surface area (Å²) in [6.07, 6.45) is 0.883. The van der Waals surface area contributed by atoms with Gasteiger partial charge in [0.25, 0.3) is 11.8 Å². The number of nitro benzene ring substituents is 1. The van der Waals surface area contributed by atoms with E-state index in [1.54, 1.807) is 12.1 Å². The number of hydrogen-bond donors (Lipinski definition) is 2. The van der Waals surface area contributed by atoms with Crippen LogP contribution in [0, 0.1) is 15.9 Å². The molecule has 0 bridgehead atoms. The normalized spacial score (nSPS) is 10.1. The number of benzene rings is 2. The van der Waals surface area contributed by atoms with Crippen molar-refractivity contribution in [2.45, 2.75) is 13.3 Å². The Morgan fingerprint density at radius 3 is 2.46 bits per heavy atom. The van der Waals surface area contributed by atoms with E-state index in [1.807, 2.05) is 19.1 Å². The number of nitrogens with one attached hydrogen (secondary N) is 2. The molecule has 0 spiro atoms. The van der Waals surface area contributed by atoms with Crippen LogP contribution in [0.25, 0.3) is 0 Å². The van der Waals surface area contributed by atoms with Crippen molar-refractivity contribution >= 4 is 17.5 Å². The molecule has 9 heteroatoms. The van der Waals surface area contributed by atoms with E-state index in [9.17, 15) is 24.1 Å². The Labute approximate surface area is 148 Å². The van der Waals surface area contributed by atoms with E-state index in [4.69, 9.17) is 4.74 Å². The largest absolute Gasteiger partial charge is 0.484 e. The highest BCUT2D eigenvalue weighted by molar-refractivity contribution is 5.96. The highest BCUT2D eigenvalue weighted by Crippen LogP contribution is 2.18. The molecule has 0 aliphatic rings. The van der Waals surface area contributed by atoms with E-state index >= 15 is 0 Å². The molecule has 0 atom stereocenters. The molecular weight excluding hydrogens is 345 g/mol. The SMILES string of the molecule is CCc1ccc(OCC(=O)NNC(=O)c2ccc(F)c([N+](=O)[O-])c2)cc1. The van der Waals surface area contributed by atoms with E-state index in [1.165, 1.54) is 0 Å². The minimum atomic E-state index is -1.06. The first-order valence-corrected chi connectivity index (χ1v) is 7.65. The van der Waals surface area contributed by atoms with Crippen molar-refractivity contribution < 1.29 is 23.6 Å². The molecule has 26 heavy (non-hydrogen) atoms. The van der Waals surface area contributed by atoms with E-state index < -0.39 is 28.2 Å². The Morgan fingerprint density at radius 2 is 1.85 bits per heavy atom. The third-order valence-corrected chi connectivity index (χ3v) is 3.42. The van der Waals surface area contributed by atoms with Gasteiger partial charge in [-0.25, -0.2) is 0 Å². The lowest BCUT2D eigenvalue weighted by atomic mass is 10.2. The zero-order valence-corrected chi connectivity index (χ0v) is 13.8. The van der Waals surface area contributed by atoms with Gasteiger partial charge in [0, 0.05) is 11.6 Å². The van der Waals surface area contributed by atoms with Crippen molar-refractivity contribution in [2.75, 3.05) is 6.61 Å². The van der Waals surface area contributed by atoms with Gasteiger partial charge in [-0.3, -0.25) is 30.6 Å². The van der Waals surface area contributed by atoms with Gasteiger partial charge in [0.15, 0.2) is 6.61 Å². The van der Waals surface area contributed by atoms with Gasteiger partial charge in [-0.1, -0.05) is 19.1 Å². The number of halogens is 1. The molecule has 0 aliphatic carbocycles. The molecule has 0 fully saturated rings. The second kappa shape index (κ2) is 8.56. The fourth-order valence-corrected chi connectivity index (χ4v) is 2.00. The first-order valence-electron chi connectivity index (χ1n) is 7.65. The van der Waals surface area contributed by atoms with Crippen molar-refractivity contribution in [3.63, 3.8) is 0 Å². The molecular formula is C17H16FN3O5. The molecule has 2 aromatic carbocycles. The number of amides is 2. The monoisotopic (exact) mass is 361 g/mol. The van der Waals surface area contributed by atoms with Crippen molar-refractivity contribution in [2.24, 2.45) is 0 Å². The molecule has 0 heterocycles. The number of carbonyl (C=O) groups is 2. The van der Waals surface area contributed by atoms with Crippen LogP contribution < -0.4 is 15.6 Å². The summed E-state index contributed by atoms with van der Waals surface area (Å²) in [5, 5.41) is 10.7. The first kappa shape index (κ1) is 18.8. The van der Waals surface area contributed by atoms with Crippen LogP contribution in [-0.2, 0) is 11.2 Å².